The van der Waals surface area contributed by atoms with E-state index in [0.717, 1.165) is 17.0 Å². The maximum absolute atomic E-state index is 13.1. The van der Waals surface area contributed by atoms with Crippen LogP contribution in [0.2, 0.25) is 0 Å². The van der Waals surface area contributed by atoms with Gasteiger partial charge in [-0.05, 0) is 66.8 Å². The molecule has 2 aliphatic rings. The number of aliphatic hydroxyl groups excluding tert-OH is 1. The van der Waals surface area contributed by atoms with Crippen molar-refractivity contribution in [3.8, 4) is 0 Å². The van der Waals surface area contributed by atoms with Gasteiger partial charge >= 0.3 is 6.18 Å². The van der Waals surface area contributed by atoms with Crippen molar-refractivity contribution in [2.45, 2.75) is 76.2 Å². The smallest absolute Gasteiger partial charge is 0.391 e. The van der Waals surface area contributed by atoms with E-state index in [1.807, 2.05) is 6.07 Å². The zero-order chi connectivity index (χ0) is 28.5. The lowest BCUT2D eigenvalue weighted by atomic mass is 9.81. The number of sulfone groups is 1. The number of nitrogens with one attached hydrogen (secondary N) is 1. The van der Waals surface area contributed by atoms with Crippen molar-refractivity contribution in [3.63, 3.8) is 0 Å². The first kappa shape index (κ1) is 30.0. The minimum Gasteiger partial charge on any atom is -0.394 e. The van der Waals surface area contributed by atoms with Crippen LogP contribution in [0.15, 0.2) is 35.2 Å². The Balaban J connectivity index is 1.41. The molecule has 0 bridgehead atoms. The zero-order valence-electron chi connectivity index (χ0n) is 22.5. The number of nitrogens with zero attached hydrogens (tertiary/aromatic N) is 1. The van der Waals surface area contributed by atoms with Gasteiger partial charge in [-0.1, -0.05) is 32.9 Å². The Labute approximate surface area is 232 Å². The molecule has 0 radical (unpaired) electrons. The Kier molecular flexibility index (Phi) is 9.15. The van der Waals surface area contributed by atoms with Crippen LogP contribution in [0.3, 0.4) is 0 Å². The minimum absolute atomic E-state index is 0.0104. The molecule has 1 aromatic carbocycles. The molecule has 1 fully saturated rings. The summed E-state index contributed by atoms with van der Waals surface area (Å²) in [5, 5.41) is 12.8. The standard InChI is InChI=1S/C28H37F3N2O4S2/c1-4-39(36,37)22-11-7-19(8-12-22)23(16-34)32-27(35)24-13-20-15-33(25(17(2)3)26(20)38-24)14-18-5-9-21(10-6-18)28(29,30)31/h7-8,11-13,17-18,21,23,25,34H,4-6,9-10,14-16H2,1-3H3,(H,32,35)/t18-,21-,23-,25-/m0/s1. The summed E-state index contributed by atoms with van der Waals surface area (Å²) in [6.45, 7) is 6.90. The molecule has 216 valence electrons. The first-order chi connectivity index (χ1) is 18.3. The average Bonchev–Trinajstić information content (AvgIpc) is 3.44. The van der Waals surface area contributed by atoms with Crippen molar-refractivity contribution >= 4 is 27.1 Å². The Hall–Kier alpha value is -1.95. The molecule has 39 heavy (non-hydrogen) atoms. The average molecular weight is 587 g/mol. The summed E-state index contributed by atoms with van der Waals surface area (Å²) in [6.07, 6.45) is -2.54. The van der Waals surface area contributed by atoms with Crippen molar-refractivity contribution in [3.05, 3.63) is 51.2 Å². The topological polar surface area (TPSA) is 86.7 Å². The second-order valence-corrected chi connectivity index (χ2v) is 14.4. The molecule has 0 saturated heterocycles. The minimum atomic E-state index is -4.10. The van der Waals surface area contributed by atoms with E-state index < -0.39 is 28.0 Å². The van der Waals surface area contributed by atoms with Gasteiger partial charge in [-0.2, -0.15) is 13.2 Å². The van der Waals surface area contributed by atoms with E-state index in [9.17, 15) is 31.5 Å². The molecule has 0 spiro atoms. The molecule has 11 heteroatoms. The Bertz CT molecular complexity index is 1250. The monoisotopic (exact) mass is 586 g/mol. The van der Waals surface area contributed by atoms with E-state index in [1.54, 1.807) is 19.1 Å². The number of rotatable bonds is 9. The van der Waals surface area contributed by atoms with E-state index in [4.69, 9.17) is 0 Å². The van der Waals surface area contributed by atoms with Crippen molar-refractivity contribution in [1.82, 2.24) is 10.2 Å². The molecule has 0 unspecified atom stereocenters. The number of thiophene rings is 1. The number of benzene rings is 1. The zero-order valence-corrected chi connectivity index (χ0v) is 24.1. The Morgan fingerprint density at radius 2 is 1.79 bits per heavy atom. The van der Waals surface area contributed by atoms with Gasteiger partial charge in [-0.3, -0.25) is 9.69 Å². The van der Waals surface area contributed by atoms with Crippen LogP contribution >= 0.6 is 11.3 Å². The molecule has 1 aliphatic carbocycles. The fourth-order valence-corrected chi connectivity index (χ4v) is 8.13. The van der Waals surface area contributed by atoms with Crippen molar-refractivity contribution in [1.29, 1.82) is 0 Å². The fraction of sp³-hybridized carbons (Fsp3) is 0.607. The largest absolute Gasteiger partial charge is 0.394 e. The molecule has 1 aromatic heterocycles. The lowest BCUT2D eigenvalue weighted by Crippen LogP contribution is -2.35. The number of alkyl halides is 3. The van der Waals surface area contributed by atoms with Gasteiger partial charge in [-0.25, -0.2) is 8.42 Å². The molecule has 6 nitrogen and oxygen atoms in total. The highest BCUT2D eigenvalue weighted by Crippen LogP contribution is 2.46. The van der Waals surface area contributed by atoms with Gasteiger partial charge in [0.2, 0.25) is 0 Å². The van der Waals surface area contributed by atoms with Crippen molar-refractivity contribution < 1.29 is 31.5 Å². The number of amides is 1. The number of carbonyl (C=O) groups is 1. The highest BCUT2D eigenvalue weighted by Gasteiger charge is 2.43. The molecule has 4 rings (SSSR count). The van der Waals surface area contributed by atoms with E-state index in [2.05, 4.69) is 24.1 Å². The second kappa shape index (κ2) is 11.9. The van der Waals surface area contributed by atoms with Crippen LogP contribution in [-0.4, -0.2) is 49.4 Å². The SMILES string of the molecule is CCS(=O)(=O)c1ccc([C@H](CO)NC(=O)c2cc3c(s2)[C@H](C(C)C)N(C[C@H]2CC[C@H](C(F)(F)F)CC2)C3)cc1. The normalized spacial score (nSPS) is 23.1. The molecular weight excluding hydrogens is 549 g/mol. The summed E-state index contributed by atoms with van der Waals surface area (Å²) in [4.78, 5) is 17.4. The van der Waals surface area contributed by atoms with Crippen LogP contribution in [0.5, 0.6) is 0 Å². The quantitative estimate of drug-likeness (QED) is 0.383. The first-order valence-electron chi connectivity index (χ1n) is 13.5. The predicted octanol–water partition coefficient (Wildman–Crippen LogP) is 5.89. The molecule has 2 N–H and O–H groups in total. The summed E-state index contributed by atoms with van der Waals surface area (Å²) < 4.78 is 63.4. The lowest BCUT2D eigenvalue weighted by molar-refractivity contribution is -0.184. The van der Waals surface area contributed by atoms with Crippen LogP contribution in [0.4, 0.5) is 13.2 Å². The third kappa shape index (κ3) is 6.69. The van der Waals surface area contributed by atoms with Gasteiger partial charge < -0.3 is 10.4 Å². The summed E-state index contributed by atoms with van der Waals surface area (Å²) in [6, 6.07) is 7.49. The van der Waals surface area contributed by atoms with Gasteiger partial charge in [-0.15, -0.1) is 11.3 Å². The van der Waals surface area contributed by atoms with Crippen LogP contribution in [0.25, 0.3) is 0 Å². The number of halogens is 3. The Morgan fingerprint density at radius 3 is 2.33 bits per heavy atom. The third-order valence-corrected chi connectivity index (χ3v) is 11.0. The van der Waals surface area contributed by atoms with Gasteiger partial charge in [0.15, 0.2) is 9.84 Å². The predicted molar refractivity (Wildman–Crippen MR) is 145 cm³/mol. The van der Waals surface area contributed by atoms with Gasteiger partial charge in [0.1, 0.15) is 0 Å². The summed E-state index contributed by atoms with van der Waals surface area (Å²) in [5.74, 6) is -0.982. The number of hydrogen-bond acceptors (Lipinski definition) is 6. The van der Waals surface area contributed by atoms with E-state index >= 15 is 0 Å². The molecule has 2 atom stereocenters. The fourth-order valence-electron chi connectivity index (χ4n) is 5.86. The highest BCUT2D eigenvalue weighted by molar-refractivity contribution is 7.91. The molecule has 1 aliphatic heterocycles. The van der Waals surface area contributed by atoms with E-state index in [1.165, 1.54) is 23.5 Å². The summed E-state index contributed by atoms with van der Waals surface area (Å²) in [5.41, 5.74) is 1.68. The third-order valence-electron chi connectivity index (χ3n) is 8.04. The van der Waals surface area contributed by atoms with Gasteiger partial charge in [0.05, 0.1) is 34.1 Å². The van der Waals surface area contributed by atoms with Crippen LogP contribution in [0.1, 0.15) is 84.2 Å². The Morgan fingerprint density at radius 1 is 1.15 bits per heavy atom. The van der Waals surface area contributed by atoms with Crippen LogP contribution in [-0.2, 0) is 16.4 Å². The highest BCUT2D eigenvalue weighted by atomic mass is 32.2. The number of carbonyl (C=O) groups excluding carboxylic acids is 1. The summed E-state index contributed by atoms with van der Waals surface area (Å²) in [7, 11) is -3.34. The molecule has 2 aromatic rings. The lowest BCUT2D eigenvalue weighted by Gasteiger charge is -2.35. The van der Waals surface area contributed by atoms with Crippen LogP contribution in [0, 0.1) is 17.8 Å². The number of aliphatic hydroxyl groups is 1. The van der Waals surface area contributed by atoms with Crippen molar-refractivity contribution in [2.24, 2.45) is 17.8 Å². The number of fused-ring (bicyclic) bond motifs is 1. The van der Waals surface area contributed by atoms with Crippen molar-refractivity contribution in [2.75, 3.05) is 18.9 Å². The number of hydrogen-bond donors (Lipinski definition) is 2. The maximum atomic E-state index is 13.1. The summed E-state index contributed by atoms with van der Waals surface area (Å²) >= 11 is 1.43. The molecule has 2 heterocycles. The first-order valence-corrected chi connectivity index (χ1v) is 16.0. The van der Waals surface area contributed by atoms with E-state index in [-0.39, 0.29) is 53.9 Å². The van der Waals surface area contributed by atoms with Gasteiger partial charge in [0, 0.05) is 24.0 Å². The molecular formula is C28H37F3N2O4S2. The van der Waals surface area contributed by atoms with E-state index in [0.29, 0.717) is 29.8 Å². The maximum Gasteiger partial charge on any atom is 0.391 e. The second-order valence-electron chi connectivity index (χ2n) is 11.1. The van der Waals surface area contributed by atoms with Crippen LogP contribution < -0.4 is 5.32 Å². The molecule has 1 saturated carbocycles. The van der Waals surface area contributed by atoms with Gasteiger partial charge in [0.25, 0.3) is 5.91 Å². The molecule has 1 amide bonds.